The van der Waals surface area contributed by atoms with Crippen LogP contribution in [0, 0.1) is 0 Å². The molecule has 3 aromatic rings. The number of thioether (sulfide) groups is 1. The topological polar surface area (TPSA) is 29.0 Å². The van der Waals surface area contributed by atoms with E-state index in [9.17, 15) is 0 Å². The highest BCUT2D eigenvalue weighted by Crippen LogP contribution is 2.39. The maximum atomic E-state index is 4.86. The van der Waals surface area contributed by atoms with Gasteiger partial charge in [-0.3, -0.25) is 9.97 Å². The predicted octanol–water partition coefficient (Wildman–Crippen LogP) is 4.06. The summed E-state index contributed by atoms with van der Waals surface area (Å²) < 4.78 is 0. The second-order valence-corrected chi connectivity index (χ2v) is 6.91. The van der Waals surface area contributed by atoms with Crippen molar-refractivity contribution in [3.8, 4) is 0 Å². The third kappa shape index (κ3) is 2.79. The minimum absolute atomic E-state index is 0.995. The molecule has 0 radical (unpaired) electrons. The lowest BCUT2D eigenvalue weighted by Gasteiger charge is -2.24. The summed E-state index contributed by atoms with van der Waals surface area (Å²) in [6.07, 6.45) is 4.76. The lowest BCUT2D eigenvalue weighted by atomic mass is 10.1. The Kier molecular flexibility index (Phi) is 3.92. The van der Waals surface area contributed by atoms with E-state index in [-0.39, 0.29) is 0 Å². The molecule has 0 N–H and O–H groups in total. The van der Waals surface area contributed by atoms with E-state index in [1.54, 1.807) is 0 Å². The summed E-state index contributed by atoms with van der Waals surface area (Å²) in [5.41, 5.74) is 6.49. The van der Waals surface area contributed by atoms with Gasteiger partial charge in [-0.25, -0.2) is 0 Å². The van der Waals surface area contributed by atoms with Crippen LogP contribution in [0.1, 0.15) is 16.8 Å². The Balaban J connectivity index is 1.70. The second-order valence-electron chi connectivity index (χ2n) is 5.92. The van der Waals surface area contributed by atoms with E-state index in [4.69, 9.17) is 4.98 Å². The van der Waals surface area contributed by atoms with Crippen LogP contribution in [0.3, 0.4) is 0 Å². The number of nitrogens with zero attached hydrogens (tertiary/aromatic N) is 3. The SMILES string of the molecule is CN(CCc1ccncc1)c1c2c(nc3ccccc13)CSC2. The molecule has 0 aliphatic carbocycles. The van der Waals surface area contributed by atoms with E-state index < -0.39 is 0 Å². The Hall–Kier alpha value is -2.07. The van der Waals surface area contributed by atoms with Gasteiger partial charge in [0.05, 0.1) is 16.9 Å². The van der Waals surface area contributed by atoms with Gasteiger partial charge in [-0.05, 0) is 30.2 Å². The van der Waals surface area contributed by atoms with Crippen LogP contribution in [0.25, 0.3) is 10.9 Å². The Labute approximate surface area is 140 Å². The van der Waals surface area contributed by atoms with Gasteiger partial charge >= 0.3 is 0 Å². The zero-order valence-corrected chi connectivity index (χ0v) is 14.0. The standard InChI is InChI=1S/C19H19N3S/c1-22(11-8-14-6-9-20-10-7-14)19-15-4-2-3-5-17(15)21-18-13-23-12-16(18)19/h2-7,9-10H,8,11-13H2,1H3. The highest BCUT2D eigenvalue weighted by atomic mass is 32.2. The van der Waals surface area contributed by atoms with Gasteiger partial charge in [0.2, 0.25) is 0 Å². The molecule has 0 atom stereocenters. The number of para-hydroxylation sites is 1. The summed E-state index contributed by atoms with van der Waals surface area (Å²) in [7, 11) is 2.20. The van der Waals surface area contributed by atoms with Crippen molar-refractivity contribution >= 4 is 28.4 Å². The molecule has 1 aliphatic rings. The molecule has 0 unspecified atom stereocenters. The zero-order chi connectivity index (χ0) is 15.6. The van der Waals surface area contributed by atoms with E-state index in [1.165, 1.54) is 27.9 Å². The summed E-state index contributed by atoms with van der Waals surface area (Å²) in [6.45, 7) is 0.995. The fraction of sp³-hybridized carbons (Fsp3) is 0.263. The van der Waals surface area contributed by atoms with Crippen molar-refractivity contribution in [1.82, 2.24) is 9.97 Å². The van der Waals surface area contributed by atoms with Crippen LogP contribution in [-0.2, 0) is 17.9 Å². The summed E-state index contributed by atoms with van der Waals surface area (Å²) >= 11 is 1.96. The van der Waals surface area contributed by atoms with Crippen LogP contribution in [0.5, 0.6) is 0 Å². The Morgan fingerprint density at radius 3 is 2.78 bits per heavy atom. The van der Waals surface area contributed by atoms with Crippen LogP contribution in [0.4, 0.5) is 5.69 Å². The van der Waals surface area contributed by atoms with Gasteiger partial charge in [0.1, 0.15) is 0 Å². The number of aromatic nitrogens is 2. The first-order valence-electron chi connectivity index (χ1n) is 7.91. The van der Waals surface area contributed by atoms with E-state index in [0.717, 1.165) is 30.0 Å². The van der Waals surface area contributed by atoms with Crippen LogP contribution in [0.2, 0.25) is 0 Å². The largest absolute Gasteiger partial charge is 0.373 e. The third-order valence-electron chi connectivity index (χ3n) is 4.40. The van der Waals surface area contributed by atoms with Crippen molar-refractivity contribution in [2.45, 2.75) is 17.9 Å². The lowest BCUT2D eigenvalue weighted by Crippen LogP contribution is -2.22. The molecule has 0 saturated carbocycles. The monoisotopic (exact) mass is 321 g/mol. The first-order chi connectivity index (χ1) is 11.3. The molecule has 1 aromatic carbocycles. The number of hydrogen-bond donors (Lipinski definition) is 0. The Bertz CT molecular complexity index is 833. The van der Waals surface area contributed by atoms with Gasteiger partial charge in [-0.15, -0.1) is 0 Å². The van der Waals surface area contributed by atoms with Crippen molar-refractivity contribution < 1.29 is 0 Å². The molecule has 4 heteroatoms. The predicted molar refractivity (Wildman–Crippen MR) is 98.0 cm³/mol. The van der Waals surface area contributed by atoms with Crippen LogP contribution < -0.4 is 4.90 Å². The number of benzene rings is 1. The van der Waals surface area contributed by atoms with Gasteiger partial charge in [-0.1, -0.05) is 18.2 Å². The normalized spacial score (nSPS) is 13.3. The molecule has 0 fully saturated rings. The maximum Gasteiger partial charge on any atom is 0.0726 e. The maximum absolute atomic E-state index is 4.86. The Morgan fingerprint density at radius 2 is 1.91 bits per heavy atom. The summed E-state index contributed by atoms with van der Waals surface area (Å²) in [5, 5.41) is 1.27. The first-order valence-corrected chi connectivity index (χ1v) is 9.06. The molecule has 3 heterocycles. The van der Waals surface area contributed by atoms with Gasteiger partial charge in [-0.2, -0.15) is 11.8 Å². The highest BCUT2D eigenvalue weighted by Gasteiger charge is 2.21. The summed E-state index contributed by atoms with van der Waals surface area (Å²) in [6, 6.07) is 12.7. The fourth-order valence-corrected chi connectivity index (χ4v) is 4.24. The highest BCUT2D eigenvalue weighted by molar-refractivity contribution is 7.98. The third-order valence-corrected chi connectivity index (χ3v) is 5.37. The number of hydrogen-bond acceptors (Lipinski definition) is 4. The minimum Gasteiger partial charge on any atom is -0.373 e. The van der Waals surface area contributed by atoms with Gasteiger partial charge in [0.25, 0.3) is 0 Å². The number of rotatable bonds is 4. The van der Waals surface area contributed by atoms with E-state index >= 15 is 0 Å². The van der Waals surface area contributed by atoms with Gasteiger partial charge in [0, 0.05) is 48.4 Å². The summed E-state index contributed by atoms with van der Waals surface area (Å²) in [4.78, 5) is 11.4. The molecule has 4 rings (SSSR count). The molecule has 0 amide bonds. The van der Waals surface area contributed by atoms with Crippen molar-refractivity contribution in [3.63, 3.8) is 0 Å². The van der Waals surface area contributed by atoms with Crippen molar-refractivity contribution in [2.75, 3.05) is 18.5 Å². The average molecular weight is 321 g/mol. The van der Waals surface area contributed by atoms with E-state index in [2.05, 4.69) is 53.3 Å². The quantitative estimate of drug-likeness (QED) is 0.725. The lowest BCUT2D eigenvalue weighted by molar-refractivity contribution is 0.872. The Morgan fingerprint density at radius 1 is 1.09 bits per heavy atom. The van der Waals surface area contributed by atoms with Gasteiger partial charge < -0.3 is 4.90 Å². The number of fused-ring (bicyclic) bond motifs is 2. The minimum atomic E-state index is 0.995. The molecule has 0 bridgehead atoms. The molecule has 2 aromatic heterocycles. The fourth-order valence-electron chi connectivity index (χ4n) is 3.20. The summed E-state index contributed by atoms with van der Waals surface area (Å²) in [5.74, 6) is 2.10. The van der Waals surface area contributed by atoms with Crippen LogP contribution in [0.15, 0.2) is 48.8 Å². The number of anilines is 1. The van der Waals surface area contributed by atoms with Crippen molar-refractivity contribution in [3.05, 3.63) is 65.6 Å². The van der Waals surface area contributed by atoms with Crippen molar-refractivity contribution in [1.29, 1.82) is 0 Å². The molecular formula is C19H19N3S. The smallest absolute Gasteiger partial charge is 0.0726 e. The zero-order valence-electron chi connectivity index (χ0n) is 13.2. The van der Waals surface area contributed by atoms with E-state index in [0.29, 0.717) is 0 Å². The molecule has 23 heavy (non-hydrogen) atoms. The first kappa shape index (κ1) is 14.5. The van der Waals surface area contributed by atoms with Crippen LogP contribution >= 0.6 is 11.8 Å². The van der Waals surface area contributed by atoms with Gasteiger partial charge in [0.15, 0.2) is 0 Å². The molecule has 116 valence electrons. The molecule has 1 aliphatic heterocycles. The molecule has 0 saturated heterocycles. The number of likely N-dealkylation sites (N-methyl/N-ethyl adjacent to an activating group) is 1. The molecule has 3 nitrogen and oxygen atoms in total. The molecule has 0 spiro atoms. The number of pyridine rings is 2. The van der Waals surface area contributed by atoms with Crippen molar-refractivity contribution in [2.24, 2.45) is 0 Å². The average Bonchev–Trinajstić information content (AvgIpc) is 3.06. The second kappa shape index (κ2) is 6.20. The van der Waals surface area contributed by atoms with Crippen LogP contribution in [-0.4, -0.2) is 23.6 Å². The molecular weight excluding hydrogens is 302 g/mol. The van der Waals surface area contributed by atoms with E-state index in [1.807, 2.05) is 24.2 Å².